The average molecular weight is 789 g/mol. The summed E-state index contributed by atoms with van der Waals surface area (Å²) >= 11 is 3.79. The third-order valence-corrected chi connectivity index (χ3v) is 14.3. The minimum atomic E-state index is -0.00288. The van der Waals surface area contributed by atoms with E-state index in [1.807, 2.05) is 22.7 Å². The molecule has 0 saturated heterocycles. The third kappa shape index (κ3) is 5.49. The highest BCUT2D eigenvalue weighted by Gasteiger charge is 2.47. The van der Waals surface area contributed by atoms with Crippen molar-refractivity contribution in [2.24, 2.45) is 0 Å². The lowest BCUT2D eigenvalue weighted by atomic mass is 9.33. The van der Waals surface area contributed by atoms with E-state index in [1.54, 1.807) is 0 Å². The molecule has 0 radical (unpaired) electrons. The number of anilines is 6. The first-order chi connectivity index (χ1) is 27.5. The molecular weight excluding hydrogens is 743 g/mol. The van der Waals surface area contributed by atoms with Gasteiger partial charge in [0, 0.05) is 45.7 Å². The Kier molecular flexibility index (Phi) is 7.81. The van der Waals surface area contributed by atoms with Crippen molar-refractivity contribution in [2.45, 2.75) is 65.2 Å². The van der Waals surface area contributed by atoms with E-state index >= 15 is 0 Å². The van der Waals surface area contributed by atoms with E-state index in [4.69, 9.17) is 18.9 Å². The molecule has 4 aliphatic heterocycles. The number of nitrogens with zero attached hydrogens (tertiary/aromatic N) is 2. The fraction of sp³-hybridized carbons (Fsp3) is 0.292. The predicted octanol–water partition coefficient (Wildman–Crippen LogP) is 11.1. The van der Waals surface area contributed by atoms with Gasteiger partial charge in [0.25, 0.3) is 6.71 Å². The molecule has 9 heteroatoms. The molecule has 6 heterocycles. The van der Waals surface area contributed by atoms with Crippen LogP contribution >= 0.6 is 22.7 Å². The van der Waals surface area contributed by atoms with Gasteiger partial charge in [0.1, 0.15) is 0 Å². The molecule has 4 aliphatic rings. The van der Waals surface area contributed by atoms with Crippen LogP contribution in [0.5, 0.6) is 23.0 Å². The molecule has 2 aromatic heterocycles. The Morgan fingerprint density at radius 1 is 0.491 bits per heavy atom. The van der Waals surface area contributed by atoms with Crippen molar-refractivity contribution in [1.82, 2.24) is 0 Å². The normalized spacial score (nSPS) is 15.9. The Morgan fingerprint density at radius 3 is 1.37 bits per heavy atom. The van der Waals surface area contributed by atoms with Crippen LogP contribution in [0.3, 0.4) is 0 Å². The van der Waals surface area contributed by atoms with Crippen LogP contribution in [0.2, 0.25) is 0 Å². The van der Waals surface area contributed by atoms with Crippen molar-refractivity contribution in [2.75, 3.05) is 36.2 Å². The maximum Gasteiger partial charge on any atom is 0.256 e. The highest BCUT2D eigenvalue weighted by atomic mass is 32.1. The van der Waals surface area contributed by atoms with E-state index in [-0.39, 0.29) is 17.5 Å². The number of benzene rings is 5. The van der Waals surface area contributed by atoms with E-state index in [9.17, 15) is 0 Å². The van der Waals surface area contributed by atoms with E-state index in [2.05, 4.69) is 142 Å². The molecule has 11 rings (SSSR count). The third-order valence-electron chi connectivity index (χ3n) is 11.9. The standard InChI is InChI=1S/C48H45BN2O4S2/c1-47(2,3)28-12-18-40-32(24-28)42-45(56-40)50(30-14-16-36-38(26-30)54-22-8-20-52-36)34-10-7-11-35-44(34)49(42)43-33-25-29(48(4,5)6)13-19-41(33)57-46(43)51(35)31-15-17-37-39(27-31)55-23-9-21-53-37/h7,10-19,24-27H,8-9,20-23H2,1-6H3. The molecule has 0 aliphatic carbocycles. The minimum Gasteiger partial charge on any atom is -0.490 e. The highest BCUT2D eigenvalue weighted by molar-refractivity contribution is 7.29. The van der Waals surface area contributed by atoms with Crippen molar-refractivity contribution < 1.29 is 18.9 Å². The maximum atomic E-state index is 6.32. The van der Waals surface area contributed by atoms with Crippen LogP contribution in [0.1, 0.15) is 65.5 Å². The largest absolute Gasteiger partial charge is 0.490 e. The summed E-state index contributed by atoms with van der Waals surface area (Å²) in [5.41, 5.74) is 11.2. The van der Waals surface area contributed by atoms with Gasteiger partial charge in [-0.3, -0.25) is 0 Å². The quantitative estimate of drug-likeness (QED) is 0.163. The van der Waals surface area contributed by atoms with Gasteiger partial charge in [-0.05, 0) is 97.6 Å². The zero-order valence-corrected chi connectivity index (χ0v) is 35.0. The van der Waals surface area contributed by atoms with Crippen LogP contribution in [0.25, 0.3) is 20.2 Å². The fourth-order valence-electron chi connectivity index (χ4n) is 9.00. The van der Waals surface area contributed by atoms with Crippen molar-refractivity contribution in [3.8, 4) is 23.0 Å². The van der Waals surface area contributed by atoms with Crippen molar-refractivity contribution >= 4 is 98.7 Å². The molecule has 6 nitrogen and oxygen atoms in total. The van der Waals surface area contributed by atoms with Gasteiger partial charge in [-0.1, -0.05) is 71.9 Å². The van der Waals surface area contributed by atoms with Crippen molar-refractivity contribution in [1.29, 1.82) is 0 Å². The van der Waals surface area contributed by atoms with Gasteiger partial charge < -0.3 is 28.7 Å². The van der Waals surface area contributed by atoms with Crippen molar-refractivity contribution in [3.05, 3.63) is 102 Å². The SMILES string of the molecule is CC(C)(C)c1ccc2sc3c(c2c1)B1c2c(cccc2N(c2ccc4c(c2)OCCCO4)c2sc4ccc(C(C)(C)C)cc4c21)N3c1ccc2c(c1)OCCCO2. The number of hydrogen-bond donors (Lipinski definition) is 0. The van der Waals surface area contributed by atoms with Crippen LogP contribution < -0.4 is 45.1 Å². The molecule has 286 valence electrons. The monoisotopic (exact) mass is 788 g/mol. The summed E-state index contributed by atoms with van der Waals surface area (Å²) in [7, 11) is 0. The zero-order valence-electron chi connectivity index (χ0n) is 33.3. The lowest BCUT2D eigenvalue weighted by Gasteiger charge is -2.42. The fourth-order valence-corrected chi connectivity index (χ4v) is 11.5. The maximum absolute atomic E-state index is 6.32. The summed E-state index contributed by atoms with van der Waals surface area (Å²) in [5.74, 6) is 3.20. The average Bonchev–Trinajstić information content (AvgIpc) is 3.53. The minimum absolute atomic E-state index is 0.00228. The van der Waals surface area contributed by atoms with E-state index in [0.717, 1.165) is 47.2 Å². The predicted molar refractivity (Wildman–Crippen MR) is 240 cm³/mol. The van der Waals surface area contributed by atoms with Gasteiger partial charge >= 0.3 is 0 Å². The first kappa shape index (κ1) is 35.1. The summed E-state index contributed by atoms with van der Waals surface area (Å²) in [6.45, 7) is 16.5. The lowest BCUT2D eigenvalue weighted by Crippen LogP contribution is -2.60. The van der Waals surface area contributed by atoms with E-state index in [1.165, 1.54) is 69.1 Å². The second-order valence-corrected chi connectivity index (χ2v) is 19.8. The van der Waals surface area contributed by atoms with Gasteiger partial charge in [-0.2, -0.15) is 0 Å². The molecule has 0 fully saturated rings. The van der Waals surface area contributed by atoms with Gasteiger partial charge in [-0.25, -0.2) is 0 Å². The molecule has 0 spiro atoms. The zero-order chi connectivity index (χ0) is 38.8. The lowest BCUT2D eigenvalue weighted by molar-refractivity contribution is 0.296. The van der Waals surface area contributed by atoms with Crippen LogP contribution in [0.4, 0.5) is 32.8 Å². The highest BCUT2D eigenvalue weighted by Crippen LogP contribution is 2.52. The molecule has 0 atom stereocenters. The van der Waals surface area contributed by atoms with Gasteiger partial charge in [0.15, 0.2) is 23.0 Å². The van der Waals surface area contributed by atoms with Gasteiger partial charge in [0.05, 0.1) is 47.8 Å². The summed E-state index contributed by atoms with van der Waals surface area (Å²) in [4.78, 5) is 4.99. The van der Waals surface area contributed by atoms with Crippen LogP contribution in [0.15, 0.2) is 91.0 Å². The van der Waals surface area contributed by atoms with Crippen LogP contribution in [0, 0.1) is 0 Å². The smallest absolute Gasteiger partial charge is 0.256 e. The summed E-state index contributed by atoms with van der Waals surface area (Å²) < 4.78 is 27.5. The number of rotatable bonds is 2. The summed E-state index contributed by atoms with van der Waals surface area (Å²) in [6.07, 6.45) is 1.73. The topological polar surface area (TPSA) is 43.4 Å². The Bertz CT molecular complexity index is 2590. The van der Waals surface area contributed by atoms with E-state index < -0.39 is 0 Å². The Morgan fingerprint density at radius 2 is 0.930 bits per heavy atom. The Labute approximate surface area is 342 Å². The van der Waals surface area contributed by atoms with Crippen LogP contribution in [-0.4, -0.2) is 33.1 Å². The molecule has 57 heavy (non-hydrogen) atoms. The first-order valence-corrected chi connectivity index (χ1v) is 21.8. The molecular formula is C48H45BN2O4S2. The summed E-state index contributed by atoms with van der Waals surface area (Å²) in [6, 6.07) is 34.1. The molecule has 0 bridgehead atoms. The molecule has 0 saturated carbocycles. The molecule has 0 amide bonds. The molecule has 0 N–H and O–H groups in total. The molecule has 7 aromatic rings. The second kappa shape index (κ2) is 12.7. The van der Waals surface area contributed by atoms with Gasteiger partial charge in [0.2, 0.25) is 0 Å². The number of ether oxygens (including phenoxy) is 4. The molecule has 0 unspecified atom stereocenters. The number of thiophene rings is 2. The van der Waals surface area contributed by atoms with Crippen molar-refractivity contribution in [3.63, 3.8) is 0 Å². The number of fused-ring (bicyclic) bond motifs is 10. The Balaban J connectivity index is 1.24. The van der Waals surface area contributed by atoms with Crippen LogP contribution in [-0.2, 0) is 10.8 Å². The second-order valence-electron chi connectivity index (χ2n) is 17.7. The van der Waals surface area contributed by atoms with Gasteiger partial charge in [-0.15, -0.1) is 22.7 Å². The first-order valence-electron chi connectivity index (χ1n) is 20.2. The Hall–Kier alpha value is -5.12. The molecule has 5 aromatic carbocycles. The summed E-state index contributed by atoms with van der Waals surface area (Å²) in [5, 5.41) is 5.16. The number of hydrogen-bond acceptors (Lipinski definition) is 8. The van der Waals surface area contributed by atoms with E-state index in [0.29, 0.717) is 26.4 Å².